The molecule has 2 N–H and O–H groups in total. The van der Waals surface area contributed by atoms with Gasteiger partial charge < -0.3 is 20.1 Å². The average molecular weight is 497 g/mol. The number of carbonyl (C=O) groups is 1. The molecule has 0 aliphatic carbocycles. The van der Waals surface area contributed by atoms with Gasteiger partial charge in [0.25, 0.3) is 0 Å². The van der Waals surface area contributed by atoms with Crippen LogP contribution in [0.4, 0.5) is 5.69 Å². The zero-order valence-corrected chi connectivity index (χ0v) is 20.9. The Balaban J connectivity index is 1.43. The number of rotatable bonds is 8. The number of carbonyl (C=O) groups excluding carboxylic acids is 1. The average Bonchev–Trinajstić information content (AvgIpc) is 3.53. The van der Waals surface area contributed by atoms with E-state index in [9.17, 15) is 4.79 Å². The number of benzene rings is 1. The van der Waals surface area contributed by atoms with Crippen LogP contribution in [0.5, 0.6) is 0 Å². The van der Waals surface area contributed by atoms with E-state index in [-0.39, 0.29) is 18.0 Å². The molecule has 1 fully saturated rings. The number of aromatic nitrogens is 3. The van der Waals surface area contributed by atoms with Gasteiger partial charge in [-0.05, 0) is 66.7 Å². The fraction of sp³-hybridized carbons (Fsp3) is 0.214. The number of anilines is 1. The Morgan fingerprint density at radius 1 is 1.00 bits per heavy atom. The highest BCUT2D eigenvalue weighted by Gasteiger charge is 2.41. The Hall–Kier alpha value is -4.04. The predicted molar refractivity (Wildman–Crippen MR) is 145 cm³/mol. The maximum atomic E-state index is 12.9. The van der Waals surface area contributed by atoms with Crippen LogP contribution in [-0.4, -0.2) is 37.0 Å². The van der Waals surface area contributed by atoms with Crippen molar-refractivity contribution in [2.45, 2.75) is 31.8 Å². The molecule has 1 aliphatic rings. The van der Waals surface area contributed by atoms with Crippen molar-refractivity contribution >= 4 is 28.9 Å². The van der Waals surface area contributed by atoms with Crippen molar-refractivity contribution < 1.29 is 4.79 Å². The Morgan fingerprint density at radius 3 is 2.53 bits per heavy atom. The highest BCUT2D eigenvalue weighted by atomic mass is 32.1. The number of nitrogens with zero attached hydrogens (tertiary/aromatic N) is 4. The van der Waals surface area contributed by atoms with Gasteiger partial charge in [-0.1, -0.05) is 37.3 Å². The largest absolute Gasteiger partial charge is 0.352 e. The third-order valence-electron chi connectivity index (χ3n) is 6.43. The molecule has 7 nitrogen and oxygen atoms in total. The Labute approximate surface area is 216 Å². The summed E-state index contributed by atoms with van der Waals surface area (Å²) >= 11 is 5.78. The molecule has 8 heteroatoms. The molecule has 0 unspecified atom stereocenters. The highest BCUT2D eigenvalue weighted by molar-refractivity contribution is 7.80. The number of nitrogens with one attached hydrogen (secondary N) is 2. The summed E-state index contributed by atoms with van der Waals surface area (Å²) in [5.74, 6) is 0.780. The van der Waals surface area contributed by atoms with Crippen LogP contribution in [0.15, 0.2) is 91.4 Å². The summed E-state index contributed by atoms with van der Waals surface area (Å²) in [7, 11) is 0. The molecule has 0 radical (unpaired) electrons. The van der Waals surface area contributed by atoms with Crippen molar-refractivity contribution in [3.8, 4) is 5.82 Å². The fourth-order valence-corrected chi connectivity index (χ4v) is 5.02. The van der Waals surface area contributed by atoms with Crippen LogP contribution in [0.25, 0.3) is 5.82 Å². The molecule has 3 aromatic heterocycles. The molecule has 4 heterocycles. The third kappa shape index (κ3) is 4.85. The van der Waals surface area contributed by atoms with E-state index in [1.54, 1.807) is 12.4 Å². The minimum Gasteiger partial charge on any atom is -0.352 e. The lowest BCUT2D eigenvalue weighted by molar-refractivity contribution is -0.116. The number of thiocarbonyl (C=S) groups is 1. The Bertz CT molecular complexity index is 1340. The van der Waals surface area contributed by atoms with Crippen molar-refractivity contribution in [2.75, 3.05) is 11.9 Å². The molecule has 4 aromatic rings. The lowest BCUT2D eigenvalue weighted by atomic mass is 10.0. The van der Waals surface area contributed by atoms with Gasteiger partial charge in [0.1, 0.15) is 5.82 Å². The van der Waals surface area contributed by atoms with Gasteiger partial charge in [-0.2, -0.15) is 0 Å². The molecular weight excluding hydrogens is 468 g/mol. The first kappa shape index (κ1) is 23.7. The SMILES string of the molecule is CCc1ccccc1NC(=O)CCN1C(=S)N[C@@H](c2ccccn2)[C@H]1c1cccn1-c1ccccn1. The maximum absolute atomic E-state index is 12.9. The summed E-state index contributed by atoms with van der Waals surface area (Å²) in [5, 5.41) is 7.13. The van der Waals surface area contributed by atoms with Crippen molar-refractivity contribution in [1.82, 2.24) is 24.8 Å². The monoisotopic (exact) mass is 496 g/mol. The van der Waals surface area contributed by atoms with E-state index in [1.165, 1.54) is 0 Å². The normalized spacial score (nSPS) is 17.1. The van der Waals surface area contributed by atoms with Gasteiger partial charge in [-0.25, -0.2) is 4.98 Å². The van der Waals surface area contributed by atoms with Gasteiger partial charge in [0.2, 0.25) is 5.91 Å². The summed E-state index contributed by atoms with van der Waals surface area (Å²) in [5.41, 5.74) is 3.89. The number of aryl methyl sites for hydroxylation is 1. The van der Waals surface area contributed by atoms with Gasteiger partial charge in [0, 0.05) is 42.9 Å². The van der Waals surface area contributed by atoms with E-state index in [0.29, 0.717) is 18.1 Å². The molecule has 1 aliphatic heterocycles. The molecule has 0 saturated carbocycles. The van der Waals surface area contributed by atoms with Gasteiger partial charge in [0.15, 0.2) is 5.11 Å². The van der Waals surface area contributed by atoms with Gasteiger partial charge in [-0.15, -0.1) is 0 Å². The van der Waals surface area contributed by atoms with Gasteiger partial charge in [-0.3, -0.25) is 9.78 Å². The first-order valence-electron chi connectivity index (χ1n) is 12.1. The third-order valence-corrected chi connectivity index (χ3v) is 6.78. The van der Waals surface area contributed by atoms with Crippen molar-refractivity contribution in [3.05, 3.63) is 108 Å². The lowest BCUT2D eigenvalue weighted by Gasteiger charge is -2.28. The molecule has 0 spiro atoms. The summed E-state index contributed by atoms with van der Waals surface area (Å²) in [4.78, 5) is 24.2. The van der Waals surface area contributed by atoms with E-state index >= 15 is 0 Å². The molecule has 182 valence electrons. The topological polar surface area (TPSA) is 75.1 Å². The summed E-state index contributed by atoms with van der Waals surface area (Å²) in [6.07, 6.45) is 6.73. The van der Waals surface area contributed by atoms with E-state index < -0.39 is 0 Å². The second-order valence-electron chi connectivity index (χ2n) is 8.62. The van der Waals surface area contributed by atoms with Crippen LogP contribution >= 0.6 is 12.2 Å². The van der Waals surface area contributed by atoms with E-state index in [0.717, 1.165) is 34.9 Å². The van der Waals surface area contributed by atoms with E-state index in [2.05, 4.69) is 43.1 Å². The van der Waals surface area contributed by atoms with Crippen LogP contribution in [0.1, 0.15) is 42.4 Å². The number of hydrogen-bond donors (Lipinski definition) is 2. The summed E-state index contributed by atoms with van der Waals surface area (Å²) < 4.78 is 2.07. The zero-order valence-electron chi connectivity index (χ0n) is 20.0. The first-order chi connectivity index (χ1) is 17.7. The maximum Gasteiger partial charge on any atom is 0.226 e. The standard InChI is InChI=1S/C28H28N6OS/c1-2-20-10-3-4-11-21(20)31-25(35)15-19-34-27(26(32-28(34)36)22-12-5-7-16-29-22)23-13-9-18-33(23)24-14-6-8-17-30-24/h3-14,16-18,26-27H,2,15,19H2,1H3,(H,31,35)(H,32,36)/t26-,27+/m0/s1. The number of hydrogen-bond acceptors (Lipinski definition) is 4. The van der Waals surface area contributed by atoms with E-state index in [4.69, 9.17) is 12.2 Å². The molecule has 1 amide bonds. The second-order valence-corrected chi connectivity index (χ2v) is 9.01. The molecule has 0 bridgehead atoms. The highest BCUT2D eigenvalue weighted by Crippen LogP contribution is 2.39. The van der Waals surface area contributed by atoms with Gasteiger partial charge in [0.05, 0.1) is 17.8 Å². The Kier molecular flexibility index (Phi) is 7.04. The van der Waals surface area contributed by atoms with Crippen LogP contribution in [0.3, 0.4) is 0 Å². The molecule has 1 aromatic carbocycles. The first-order valence-corrected chi connectivity index (χ1v) is 12.5. The predicted octanol–water partition coefficient (Wildman–Crippen LogP) is 4.83. The summed E-state index contributed by atoms with van der Waals surface area (Å²) in [6, 6.07) is 23.4. The quantitative estimate of drug-likeness (QED) is 0.340. The van der Waals surface area contributed by atoms with Crippen molar-refractivity contribution in [1.29, 1.82) is 0 Å². The molecule has 1 saturated heterocycles. The Morgan fingerprint density at radius 2 is 1.78 bits per heavy atom. The fourth-order valence-electron chi connectivity index (χ4n) is 4.69. The second kappa shape index (κ2) is 10.7. The minimum atomic E-state index is -0.167. The van der Waals surface area contributed by atoms with E-state index in [1.807, 2.05) is 72.9 Å². The molecule has 5 rings (SSSR count). The van der Waals surface area contributed by atoms with Crippen LogP contribution in [-0.2, 0) is 11.2 Å². The smallest absolute Gasteiger partial charge is 0.226 e. The lowest BCUT2D eigenvalue weighted by Crippen LogP contribution is -2.33. The van der Waals surface area contributed by atoms with Crippen LogP contribution < -0.4 is 10.6 Å². The number of para-hydroxylation sites is 1. The van der Waals surface area contributed by atoms with Crippen molar-refractivity contribution in [2.24, 2.45) is 0 Å². The van der Waals surface area contributed by atoms with Crippen molar-refractivity contribution in [3.63, 3.8) is 0 Å². The van der Waals surface area contributed by atoms with Crippen LogP contribution in [0.2, 0.25) is 0 Å². The van der Waals surface area contributed by atoms with Crippen LogP contribution in [0, 0.1) is 0 Å². The number of amides is 1. The van der Waals surface area contributed by atoms with Gasteiger partial charge >= 0.3 is 0 Å². The molecule has 36 heavy (non-hydrogen) atoms. The molecule has 2 atom stereocenters. The number of pyridine rings is 2. The summed E-state index contributed by atoms with van der Waals surface area (Å²) in [6.45, 7) is 2.55. The minimum absolute atomic E-state index is 0.0427. The zero-order chi connectivity index (χ0) is 24.9. The molecular formula is C28H28N6OS.